The zero-order valence-corrected chi connectivity index (χ0v) is 16.7. The largest absolute Gasteiger partial charge is 0.453 e. The van der Waals surface area contributed by atoms with Crippen LogP contribution in [0.5, 0.6) is 0 Å². The second-order valence-corrected chi connectivity index (χ2v) is 8.68. The van der Waals surface area contributed by atoms with Crippen molar-refractivity contribution in [1.29, 1.82) is 0 Å². The topological polar surface area (TPSA) is 26.3 Å². The molecular formula is C23H20Cl2O2. The summed E-state index contributed by atoms with van der Waals surface area (Å²) in [7, 11) is 0. The van der Waals surface area contributed by atoms with E-state index in [0.29, 0.717) is 0 Å². The Morgan fingerprint density at radius 3 is 2.41 bits per heavy atom. The van der Waals surface area contributed by atoms with Crippen LogP contribution in [0.3, 0.4) is 0 Å². The maximum Gasteiger partial charge on any atom is 0.311 e. The number of halogens is 2. The lowest BCUT2D eigenvalue weighted by molar-refractivity contribution is -0.149. The molecule has 2 aromatic carbocycles. The van der Waals surface area contributed by atoms with Crippen molar-refractivity contribution in [3.8, 4) is 0 Å². The molecule has 0 aromatic heterocycles. The molecule has 2 aliphatic rings. The van der Waals surface area contributed by atoms with Crippen molar-refractivity contribution in [3.63, 3.8) is 0 Å². The minimum absolute atomic E-state index is 0.00391. The fourth-order valence-electron chi connectivity index (χ4n) is 4.06. The Balaban J connectivity index is 1.60. The summed E-state index contributed by atoms with van der Waals surface area (Å²) in [4.78, 5) is 12.9. The summed E-state index contributed by atoms with van der Waals surface area (Å²) in [6.45, 7) is 4.06. The maximum absolute atomic E-state index is 12.9. The highest BCUT2D eigenvalue weighted by Gasteiger charge is 2.62. The van der Waals surface area contributed by atoms with Gasteiger partial charge in [-0.05, 0) is 40.2 Å². The van der Waals surface area contributed by atoms with Crippen LogP contribution in [0, 0.1) is 17.3 Å². The monoisotopic (exact) mass is 398 g/mol. The first-order valence-electron chi connectivity index (χ1n) is 8.99. The van der Waals surface area contributed by atoms with Gasteiger partial charge in [-0.3, -0.25) is 4.79 Å². The minimum atomic E-state index is -0.378. The van der Waals surface area contributed by atoms with Crippen LogP contribution in [0.1, 0.15) is 36.6 Å². The average Bonchev–Trinajstić information content (AvgIpc) is 3.00. The van der Waals surface area contributed by atoms with Crippen LogP contribution in [-0.2, 0) is 9.53 Å². The molecule has 0 bridgehead atoms. The number of benzene rings is 2. The SMILES string of the molecule is CC1(C)[C@@H](C=C(Cl)Cl)[C@@H]1C(=O)OC1C=C(c2ccccc2)c2ccccc21. The molecule has 0 amide bonds. The first-order valence-corrected chi connectivity index (χ1v) is 9.75. The number of esters is 1. The second-order valence-electron chi connectivity index (χ2n) is 7.67. The standard InChI is InChI=1S/C23H20Cl2O2/c1-23(2)18(13-20(24)25)21(23)22(26)27-19-12-17(14-8-4-3-5-9-14)15-10-6-7-11-16(15)19/h3-13,18-19,21H,1-2H3/t18-,19?,21+/m0/s1. The number of carbonyl (C=O) groups is 1. The van der Waals surface area contributed by atoms with Gasteiger partial charge in [0.2, 0.25) is 0 Å². The highest BCUT2D eigenvalue weighted by molar-refractivity contribution is 6.55. The number of fused-ring (bicyclic) bond motifs is 1. The third-order valence-corrected chi connectivity index (χ3v) is 5.93. The summed E-state index contributed by atoms with van der Waals surface area (Å²) in [6.07, 6.45) is 3.40. The van der Waals surface area contributed by atoms with Crippen LogP contribution >= 0.6 is 23.2 Å². The molecule has 3 atom stereocenters. The van der Waals surface area contributed by atoms with Gasteiger partial charge < -0.3 is 4.74 Å². The van der Waals surface area contributed by atoms with Gasteiger partial charge in [-0.1, -0.05) is 91.6 Å². The van der Waals surface area contributed by atoms with E-state index in [2.05, 4.69) is 18.2 Å². The molecule has 0 heterocycles. The Hall–Kier alpha value is -2.03. The summed E-state index contributed by atoms with van der Waals surface area (Å²) in [5.74, 6) is -0.434. The van der Waals surface area contributed by atoms with E-state index in [-0.39, 0.29) is 33.8 Å². The molecule has 1 fully saturated rings. The van der Waals surface area contributed by atoms with Gasteiger partial charge in [0.05, 0.1) is 5.92 Å². The first kappa shape index (κ1) is 18.3. The van der Waals surface area contributed by atoms with Crippen LogP contribution < -0.4 is 0 Å². The molecule has 1 unspecified atom stereocenters. The quantitative estimate of drug-likeness (QED) is 0.564. The van der Waals surface area contributed by atoms with Crippen molar-refractivity contribution in [3.05, 3.63) is 87.9 Å². The van der Waals surface area contributed by atoms with Gasteiger partial charge in [0.1, 0.15) is 10.6 Å². The van der Waals surface area contributed by atoms with Crippen molar-refractivity contribution in [2.24, 2.45) is 17.3 Å². The third-order valence-electron chi connectivity index (χ3n) is 5.67. The molecule has 0 aliphatic heterocycles. The predicted octanol–water partition coefficient (Wildman–Crippen LogP) is 6.31. The van der Waals surface area contributed by atoms with E-state index in [1.807, 2.05) is 56.3 Å². The van der Waals surface area contributed by atoms with Gasteiger partial charge in [-0.2, -0.15) is 0 Å². The molecule has 1 saturated carbocycles. The van der Waals surface area contributed by atoms with Gasteiger partial charge in [0.15, 0.2) is 0 Å². The average molecular weight is 399 g/mol. The molecule has 27 heavy (non-hydrogen) atoms. The predicted molar refractivity (Wildman–Crippen MR) is 109 cm³/mol. The fraction of sp³-hybridized carbons (Fsp3) is 0.261. The van der Waals surface area contributed by atoms with E-state index in [4.69, 9.17) is 27.9 Å². The normalized spacial score (nSPS) is 24.6. The molecule has 4 heteroatoms. The number of ether oxygens (including phenoxy) is 1. The third kappa shape index (κ3) is 3.33. The molecule has 4 rings (SSSR count). The van der Waals surface area contributed by atoms with Gasteiger partial charge in [0.25, 0.3) is 0 Å². The van der Waals surface area contributed by atoms with E-state index < -0.39 is 0 Å². The number of hydrogen-bond acceptors (Lipinski definition) is 2. The van der Waals surface area contributed by atoms with Gasteiger partial charge >= 0.3 is 5.97 Å². The molecular weight excluding hydrogens is 379 g/mol. The summed E-state index contributed by atoms with van der Waals surface area (Å²) < 4.78 is 6.13. The summed E-state index contributed by atoms with van der Waals surface area (Å²) >= 11 is 11.6. The molecule has 2 aliphatic carbocycles. The van der Waals surface area contributed by atoms with Crippen LogP contribution in [-0.4, -0.2) is 5.97 Å². The molecule has 138 valence electrons. The summed E-state index contributed by atoms with van der Waals surface area (Å²) in [5.41, 5.74) is 4.14. The Morgan fingerprint density at radius 2 is 1.70 bits per heavy atom. The minimum Gasteiger partial charge on any atom is -0.453 e. The lowest BCUT2D eigenvalue weighted by Gasteiger charge is -2.13. The van der Waals surface area contributed by atoms with Gasteiger partial charge in [0, 0.05) is 5.56 Å². The Labute approximate surface area is 169 Å². The van der Waals surface area contributed by atoms with Crippen molar-refractivity contribution in [1.82, 2.24) is 0 Å². The van der Waals surface area contributed by atoms with E-state index in [1.165, 1.54) is 0 Å². The molecule has 0 radical (unpaired) electrons. The molecule has 2 aromatic rings. The first-order chi connectivity index (χ1) is 12.9. The zero-order chi connectivity index (χ0) is 19.2. The Morgan fingerprint density at radius 1 is 1.04 bits per heavy atom. The van der Waals surface area contributed by atoms with Crippen LogP contribution in [0.4, 0.5) is 0 Å². The van der Waals surface area contributed by atoms with Crippen molar-refractivity contribution < 1.29 is 9.53 Å². The second kappa shape index (κ2) is 6.85. The van der Waals surface area contributed by atoms with Crippen molar-refractivity contribution >= 4 is 34.7 Å². The molecule has 0 spiro atoms. The van der Waals surface area contributed by atoms with Crippen LogP contribution in [0.15, 0.2) is 71.2 Å². The summed E-state index contributed by atoms with van der Waals surface area (Å²) in [6, 6.07) is 18.2. The van der Waals surface area contributed by atoms with E-state index in [9.17, 15) is 4.79 Å². The van der Waals surface area contributed by atoms with E-state index in [0.717, 1.165) is 22.3 Å². The fourth-order valence-corrected chi connectivity index (χ4v) is 4.33. The Bertz CT molecular complexity index is 940. The maximum atomic E-state index is 12.9. The van der Waals surface area contributed by atoms with Crippen molar-refractivity contribution in [2.75, 3.05) is 0 Å². The van der Waals surface area contributed by atoms with Gasteiger partial charge in [-0.15, -0.1) is 0 Å². The number of allylic oxidation sites excluding steroid dienone is 1. The zero-order valence-electron chi connectivity index (χ0n) is 15.2. The molecule has 2 nitrogen and oxygen atoms in total. The highest BCUT2D eigenvalue weighted by Crippen LogP contribution is 2.60. The van der Waals surface area contributed by atoms with Crippen LogP contribution in [0.2, 0.25) is 0 Å². The Kier molecular flexibility index (Phi) is 4.65. The molecule has 0 N–H and O–H groups in total. The summed E-state index contributed by atoms with van der Waals surface area (Å²) in [5, 5.41) is 0. The van der Waals surface area contributed by atoms with Crippen LogP contribution in [0.25, 0.3) is 5.57 Å². The smallest absolute Gasteiger partial charge is 0.311 e. The lowest BCUT2D eigenvalue weighted by atomic mass is 9.99. The number of carbonyl (C=O) groups excluding carboxylic acids is 1. The van der Waals surface area contributed by atoms with Crippen molar-refractivity contribution in [2.45, 2.75) is 20.0 Å². The molecule has 0 saturated heterocycles. The number of hydrogen-bond donors (Lipinski definition) is 0. The highest BCUT2D eigenvalue weighted by atomic mass is 35.5. The van der Waals surface area contributed by atoms with E-state index in [1.54, 1.807) is 6.08 Å². The number of rotatable bonds is 4. The van der Waals surface area contributed by atoms with Gasteiger partial charge in [-0.25, -0.2) is 0 Å². The van der Waals surface area contributed by atoms with E-state index >= 15 is 0 Å². The lowest BCUT2D eigenvalue weighted by Crippen LogP contribution is -2.13.